The van der Waals surface area contributed by atoms with Crippen LogP contribution in [0.3, 0.4) is 0 Å². The molecule has 1 N–H and O–H groups in total. The number of nitrogens with one attached hydrogen (secondary N) is 1. The lowest BCUT2D eigenvalue weighted by atomic mass is 10.2. The summed E-state index contributed by atoms with van der Waals surface area (Å²) in [6.45, 7) is 3.85. The Bertz CT molecular complexity index is 624. The maximum Gasteiger partial charge on any atom is 0.157 e. The van der Waals surface area contributed by atoms with E-state index in [0.29, 0.717) is 0 Å². The highest BCUT2D eigenvalue weighted by Gasteiger charge is 2.09. The number of thiophene rings is 1. The van der Waals surface area contributed by atoms with E-state index < -0.39 is 0 Å². The first-order chi connectivity index (χ1) is 8.86. The van der Waals surface area contributed by atoms with E-state index >= 15 is 0 Å². The molecular formula is C13H13N3S2. The van der Waals surface area contributed by atoms with Crippen LogP contribution in [0.25, 0.3) is 20.0 Å². The molecule has 1 aromatic carbocycles. The van der Waals surface area contributed by atoms with E-state index in [4.69, 9.17) is 0 Å². The molecule has 18 heavy (non-hydrogen) atoms. The van der Waals surface area contributed by atoms with Crippen molar-refractivity contribution >= 4 is 32.8 Å². The van der Waals surface area contributed by atoms with Crippen LogP contribution in [-0.2, 0) is 6.54 Å². The van der Waals surface area contributed by atoms with Crippen molar-refractivity contribution in [2.24, 2.45) is 0 Å². The molecule has 0 aliphatic rings. The number of hydrogen-bond donors (Lipinski definition) is 1. The van der Waals surface area contributed by atoms with Crippen LogP contribution >= 0.6 is 22.7 Å². The Hall–Kier alpha value is -1.30. The first kappa shape index (κ1) is 11.8. The summed E-state index contributed by atoms with van der Waals surface area (Å²) in [7, 11) is 0. The van der Waals surface area contributed by atoms with Crippen molar-refractivity contribution in [1.82, 2.24) is 15.5 Å². The van der Waals surface area contributed by atoms with Gasteiger partial charge in [0.1, 0.15) is 5.01 Å². The third-order valence-corrected chi connectivity index (χ3v) is 4.84. The van der Waals surface area contributed by atoms with Gasteiger partial charge in [-0.3, -0.25) is 0 Å². The summed E-state index contributed by atoms with van der Waals surface area (Å²) in [4.78, 5) is 1.21. The van der Waals surface area contributed by atoms with E-state index in [9.17, 15) is 0 Å². The zero-order valence-corrected chi connectivity index (χ0v) is 11.6. The molecule has 5 heteroatoms. The van der Waals surface area contributed by atoms with Gasteiger partial charge in [-0.25, -0.2) is 0 Å². The molecule has 0 fully saturated rings. The van der Waals surface area contributed by atoms with Gasteiger partial charge in [0, 0.05) is 11.2 Å². The van der Waals surface area contributed by atoms with Crippen LogP contribution in [0.2, 0.25) is 0 Å². The number of rotatable bonds is 4. The third-order valence-electron chi connectivity index (χ3n) is 2.63. The van der Waals surface area contributed by atoms with Crippen LogP contribution in [0.4, 0.5) is 0 Å². The van der Waals surface area contributed by atoms with Crippen molar-refractivity contribution < 1.29 is 0 Å². The molecule has 3 rings (SSSR count). The Morgan fingerprint density at radius 1 is 1.17 bits per heavy atom. The summed E-state index contributed by atoms with van der Waals surface area (Å²) >= 11 is 3.44. The summed E-state index contributed by atoms with van der Waals surface area (Å²) in [5.74, 6) is 0. The van der Waals surface area contributed by atoms with Crippen LogP contribution in [0.15, 0.2) is 30.3 Å². The summed E-state index contributed by atoms with van der Waals surface area (Å²) in [6.07, 6.45) is 0. The molecule has 3 aromatic rings. The maximum absolute atomic E-state index is 4.27. The second kappa shape index (κ2) is 5.14. The average Bonchev–Trinajstić information content (AvgIpc) is 3.02. The molecule has 0 amide bonds. The molecule has 2 heterocycles. The average molecular weight is 275 g/mol. The van der Waals surface area contributed by atoms with Gasteiger partial charge >= 0.3 is 0 Å². The van der Waals surface area contributed by atoms with Gasteiger partial charge in [-0.1, -0.05) is 36.5 Å². The summed E-state index contributed by atoms with van der Waals surface area (Å²) in [6, 6.07) is 10.6. The monoisotopic (exact) mass is 275 g/mol. The third kappa shape index (κ3) is 2.29. The van der Waals surface area contributed by atoms with Gasteiger partial charge in [0.05, 0.1) is 4.88 Å². The molecule has 0 aliphatic heterocycles. The minimum Gasteiger partial charge on any atom is -0.311 e. The second-order valence-corrected chi connectivity index (χ2v) is 6.08. The fourth-order valence-corrected chi connectivity index (χ4v) is 3.66. The van der Waals surface area contributed by atoms with Gasteiger partial charge in [-0.15, -0.1) is 21.5 Å². The minimum absolute atomic E-state index is 0.805. The van der Waals surface area contributed by atoms with Crippen LogP contribution in [0.1, 0.15) is 11.9 Å². The SMILES string of the molecule is CCNCc1nnc(-c2cc3ccccc3s2)s1. The molecule has 3 nitrogen and oxygen atoms in total. The first-order valence-electron chi connectivity index (χ1n) is 5.89. The normalized spacial score (nSPS) is 11.2. The summed E-state index contributed by atoms with van der Waals surface area (Å²) in [5.41, 5.74) is 0. The maximum atomic E-state index is 4.27. The van der Waals surface area contributed by atoms with Gasteiger partial charge in [0.25, 0.3) is 0 Å². The highest BCUT2D eigenvalue weighted by molar-refractivity contribution is 7.25. The fourth-order valence-electron chi connectivity index (χ4n) is 1.74. The molecule has 0 aliphatic carbocycles. The number of hydrogen-bond acceptors (Lipinski definition) is 5. The van der Waals surface area contributed by atoms with E-state index in [2.05, 4.69) is 52.8 Å². The minimum atomic E-state index is 0.805. The molecule has 0 bridgehead atoms. The molecule has 0 spiro atoms. The quantitative estimate of drug-likeness (QED) is 0.791. The van der Waals surface area contributed by atoms with Gasteiger partial charge in [-0.05, 0) is 24.1 Å². The molecule has 2 aromatic heterocycles. The second-order valence-electron chi connectivity index (χ2n) is 3.93. The Morgan fingerprint density at radius 2 is 2.06 bits per heavy atom. The van der Waals surface area contributed by atoms with E-state index in [1.165, 1.54) is 15.0 Å². The van der Waals surface area contributed by atoms with Crippen molar-refractivity contribution in [3.05, 3.63) is 35.3 Å². The number of nitrogens with zero attached hydrogens (tertiary/aromatic N) is 2. The molecule has 92 valence electrons. The van der Waals surface area contributed by atoms with Crippen LogP contribution in [0, 0.1) is 0 Å². The smallest absolute Gasteiger partial charge is 0.157 e. The van der Waals surface area contributed by atoms with Crippen molar-refractivity contribution in [2.75, 3.05) is 6.54 Å². The van der Waals surface area contributed by atoms with Crippen molar-refractivity contribution in [3.63, 3.8) is 0 Å². The Morgan fingerprint density at radius 3 is 2.89 bits per heavy atom. The van der Waals surface area contributed by atoms with Gasteiger partial charge in [-0.2, -0.15) is 0 Å². The van der Waals surface area contributed by atoms with E-state index in [-0.39, 0.29) is 0 Å². The van der Waals surface area contributed by atoms with E-state index in [0.717, 1.165) is 23.1 Å². The van der Waals surface area contributed by atoms with Gasteiger partial charge in [0.2, 0.25) is 0 Å². The van der Waals surface area contributed by atoms with E-state index in [1.807, 2.05) is 0 Å². The highest BCUT2D eigenvalue weighted by Crippen LogP contribution is 2.34. The zero-order valence-electron chi connectivity index (χ0n) is 10.0. The first-order valence-corrected chi connectivity index (χ1v) is 7.52. The van der Waals surface area contributed by atoms with Crippen molar-refractivity contribution in [1.29, 1.82) is 0 Å². The van der Waals surface area contributed by atoms with E-state index in [1.54, 1.807) is 22.7 Å². The molecule has 0 unspecified atom stereocenters. The van der Waals surface area contributed by atoms with Crippen LogP contribution < -0.4 is 5.32 Å². The standard InChI is InChI=1S/C13H13N3S2/c1-2-14-8-12-15-16-13(18-12)11-7-9-5-3-4-6-10(9)17-11/h3-7,14H,2,8H2,1H3. The Balaban J connectivity index is 1.91. The number of aromatic nitrogens is 2. The molecule has 0 atom stereocenters. The lowest BCUT2D eigenvalue weighted by Gasteiger charge is -1.93. The van der Waals surface area contributed by atoms with Crippen molar-refractivity contribution in [3.8, 4) is 9.88 Å². The van der Waals surface area contributed by atoms with Gasteiger partial charge < -0.3 is 5.32 Å². The van der Waals surface area contributed by atoms with Gasteiger partial charge in [0.15, 0.2) is 5.01 Å². The predicted octanol–water partition coefficient (Wildman–Crippen LogP) is 3.53. The molecule has 0 saturated heterocycles. The van der Waals surface area contributed by atoms with Crippen LogP contribution in [-0.4, -0.2) is 16.7 Å². The Labute approximate surface area is 114 Å². The molecule has 0 saturated carbocycles. The Kier molecular flexibility index (Phi) is 3.36. The molecule has 0 radical (unpaired) electrons. The highest BCUT2D eigenvalue weighted by atomic mass is 32.1. The summed E-state index contributed by atoms with van der Waals surface area (Å²) in [5, 5.41) is 15.1. The number of benzene rings is 1. The van der Waals surface area contributed by atoms with Crippen molar-refractivity contribution in [2.45, 2.75) is 13.5 Å². The van der Waals surface area contributed by atoms with Crippen LogP contribution in [0.5, 0.6) is 0 Å². The fraction of sp³-hybridized carbons (Fsp3) is 0.231. The lowest BCUT2D eigenvalue weighted by molar-refractivity contribution is 0.715. The lowest BCUT2D eigenvalue weighted by Crippen LogP contribution is -2.11. The molecular weight excluding hydrogens is 262 g/mol. The zero-order chi connectivity index (χ0) is 12.4. The predicted molar refractivity (Wildman–Crippen MR) is 78.1 cm³/mol. The largest absolute Gasteiger partial charge is 0.311 e. The topological polar surface area (TPSA) is 37.8 Å². The summed E-state index contributed by atoms with van der Waals surface area (Å²) < 4.78 is 1.30. The number of fused-ring (bicyclic) bond motifs is 1.